The van der Waals surface area contributed by atoms with Crippen LogP contribution in [0.25, 0.3) is 0 Å². The van der Waals surface area contributed by atoms with Crippen LogP contribution in [0.1, 0.15) is 23.1 Å². The Labute approximate surface area is 185 Å². The summed E-state index contributed by atoms with van der Waals surface area (Å²) in [5, 5.41) is 0. The van der Waals surface area contributed by atoms with Gasteiger partial charge in [-0.15, -0.1) is 0 Å². The third-order valence-electron chi connectivity index (χ3n) is 5.44. The second-order valence-corrected chi connectivity index (χ2v) is 9.63. The molecule has 1 heterocycles. The van der Waals surface area contributed by atoms with E-state index in [0.29, 0.717) is 25.3 Å². The van der Waals surface area contributed by atoms with Gasteiger partial charge in [0.05, 0.1) is 18.1 Å². The number of aryl methyl sites for hydroxylation is 2. The highest BCUT2D eigenvalue weighted by Crippen LogP contribution is 2.23. The van der Waals surface area contributed by atoms with Gasteiger partial charge in [-0.1, -0.05) is 30.3 Å². The summed E-state index contributed by atoms with van der Waals surface area (Å²) in [6.45, 7) is 7.20. The number of anilines is 1. The minimum absolute atomic E-state index is 0.0595. The first kappa shape index (κ1) is 23.2. The van der Waals surface area contributed by atoms with Crippen LogP contribution in [-0.4, -0.2) is 59.1 Å². The Morgan fingerprint density at radius 3 is 2.58 bits per heavy atom. The number of para-hydroxylation sites is 1. The number of carbonyl (C=O) groups is 1. The smallest absolute Gasteiger partial charge is 0.240 e. The van der Waals surface area contributed by atoms with Gasteiger partial charge in [0.25, 0.3) is 0 Å². The summed E-state index contributed by atoms with van der Waals surface area (Å²) in [5.74, 6) is -0.111. The van der Waals surface area contributed by atoms with E-state index in [-0.39, 0.29) is 23.8 Å². The molecule has 31 heavy (non-hydrogen) atoms. The summed E-state index contributed by atoms with van der Waals surface area (Å²) >= 11 is 0. The molecule has 2 aromatic rings. The lowest BCUT2D eigenvalue weighted by Crippen LogP contribution is -2.37. The molecule has 1 aliphatic heterocycles. The molecule has 2 aromatic carbocycles. The highest BCUT2D eigenvalue weighted by atomic mass is 32.2. The van der Waals surface area contributed by atoms with Crippen LogP contribution in [0.4, 0.5) is 5.69 Å². The molecule has 1 fully saturated rings. The second kappa shape index (κ2) is 10.3. The van der Waals surface area contributed by atoms with Gasteiger partial charge < -0.3 is 14.5 Å². The van der Waals surface area contributed by atoms with Gasteiger partial charge in [-0.25, -0.2) is 13.1 Å². The van der Waals surface area contributed by atoms with Gasteiger partial charge in [0.2, 0.25) is 15.9 Å². The number of amides is 1. The van der Waals surface area contributed by atoms with Gasteiger partial charge in [-0.05, 0) is 42.7 Å². The molecule has 0 bridgehead atoms. The van der Waals surface area contributed by atoms with E-state index >= 15 is 0 Å². The van der Waals surface area contributed by atoms with E-state index in [0.717, 1.165) is 29.9 Å². The zero-order chi connectivity index (χ0) is 22.4. The highest BCUT2D eigenvalue weighted by Gasteiger charge is 2.19. The highest BCUT2D eigenvalue weighted by molar-refractivity contribution is 7.89. The third kappa shape index (κ3) is 6.06. The van der Waals surface area contributed by atoms with Crippen molar-refractivity contribution in [1.29, 1.82) is 0 Å². The summed E-state index contributed by atoms with van der Waals surface area (Å²) in [6.07, 6.45) is 0.0975. The first-order valence-electron chi connectivity index (χ1n) is 10.5. The molecule has 1 N–H and O–H groups in total. The summed E-state index contributed by atoms with van der Waals surface area (Å²) in [6, 6.07) is 13.4. The van der Waals surface area contributed by atoms with E-state index in [1.165, 1.54) is 0 Å². The molecule has 3 rings (SSSR count). The van der Waals surface area contributed by atoms with Crippen molar-refractivity contribution in [1.82, 2.24) is 9.62 Å². The van der Waals surface area contributed by atoms with Crippen LogP contribution in [-0.2, 0) is 26.1 Å². The molecular weight excluding hydrogens is 414 g/mol. The van der Waals surface area contributed by atoms with Gasteiger partial charge in [0.15, 0.2) is 0 Å². The molecule has 1 aliphatic rings. The molecule has 168 valence electrons. The fourth-order valence-electron chi connectivity index (χ4n) is 3.66. The van der Waals surface area contributed by atoms with Crippen molar-refractivity contribution in [2.45, 2.75) is 31.7 Å². The molecule has 0 spiro atoms. The Hall–Kier alpha value is -2.42. The van der Waals surface area contributed by atoms with Crippen molar-refractivity contribution in [2.24, 2.45) is 0 Å². The molecule has 0 atom stereocenters. The van der Waals surface area contributed by atoms with Crippen LogP contribution in [0.5, 0.6) is 0 Å². The number of nitrogens with one attached hydrogen (secondary N) is 1. The molecule has 0 radical (unpaired) electrons. The van der Waals surface area contributed by atoms with Crippen LogP contribution in [0.15, 0.2) is 47.4 Å². The predicted molar refractivity (Wildman–Crippen MR) is 122 cm³/mol. The SMILES string of the molecule is Cc1ccc(C)c(S(=O)(=O)NCCC(=O)N(C)Cc2ccccc2N2CCOCC2)c1. The van der Waals surface area contributed by atoms with Gasteiger partial charge in [-0.3, -0.25) is 4.79 Å². The molecule has 7 nitrogen and oxygen atoms in total. The topological polar surface area (TPSA) is 79.0 Å². The largest absolute Gasteiger partial charge is 0.378 e. The summed E-state index contributed by atoms with van der Waals surface area (Å²) in [4.78, 5) is 16.8. The standard InChI is InChI=1S/C23H31N3O4S/c1-18-8-9-19(2)22(16-18)31(28,29)24-11-10-23(27)25(3)17-20-6-4-5-7-21(20)26-12-14-30-15-13-26/h4-9,16,24H,10-15,17H2,1-3H3. The Bertz CT molecular complexity index is 1020. The van der Waals surface area contributed by atoms with E-state index in [1.807, 2.05) is 31.2 Å². The number of ether oxygens (including phenoxy) is 1. The van der Waals surface area contributed by atoms with Crippen LogP contribution in [0.2, 0.25) is 0 Å². The van der Waals surface area contributed by atoms with Crippen LogP contribution < -0.4 is 9.62 Å². The zero-order valence-electron chi connectivity index (χ0n) is 18.4. The molecular formula is C23H31N3O4S. The van der Waals surface area contributed by atoms with Gasteiger partial charge in [0.1, 0.15) is 0 Å². The van der Waals surface area contributed by atoms with Crippen molar-refractivity contribution >= 4 is 21.6 Å². The van der Waals surface area contributed by atoms with E-state index in [4.69, 9.17) is 4.74 Å². The van der Waals surface area contributed by atoms with E-state index in [2.05, 4.69) is 15.7 Å². The number of hydrogen-bond acceptors (Lipinski definition) is 5. The Kier molecular flexibility index (Phi) is 7.69. The summed E-state index contributed by atoms with van der Waals surface area (Å²) in [5.41, 5.74) is 3.74. The zero-order valence-corrected chi connectivity index (χ0v) is 19.2. The van der Waals surface area contributed by atoms with Crippen molar-refractivity contribution in [2.75, 3.05) is 44.8 Å². The average Bonchev–Trinajstić information content (AvgIpc) is 2.76. The first-order chi connectivity index (χ1) is 14.8. The summed E-state index contributed by atoms with van der Waals surface area (Å²) < 4.78 is 33.2. The number of carbonyl (C=O) groups excluding carboxylic acids is 1. The normalized spacial score (nSPS) is 14.5. The van der Waals surface area contributed by atoms with Crippen molar-refractivity contribution < 1.29 is 17.9 Å². The maximum absolute atomic E-state index is 12.6. The quantitative estimate of drug-likeness (QED) is 0.675. The lowest BCUT2D eigenvalue weighted by Gasteiger charge is -2.31. The van der Waals surface area contributed by atoms with Gasteiger partial charge in [-0.2, -0.15) is 0 Å². The minimum atomic E-state index is -3.65. The molecule has 1 saturated heterocycles. The maximum atomic E-state index is 12.6. The number of nitrogens with zero attached hydrogens (tertiary/aromatic N) is 2. The molecule has 8 heteroatoms. The molecule has 0 saturated carbocycles. The Morgan fingerprint density at radius 1 is 1.13 bits per heavy atom. The van der Waals surface area contributed by atoms with Gasteiger partial charge >= 0.3 is 0 Å². The Balaban J connectivity index is 1.57. The summed E-state index contributed by atoms with van der Waals surface area (Å²) in [7, 11) is -1.91. The lowest BCUT2D eigenvalue weighted by molar-refractivity contribution is -0.130. The van der Waals surface area contributed by atoms with Crippen LogP contribution >= 0.6 is 0 Å². The fraction of sp³-hybridized carbons (Fsp3) is 0.435. The van der Waals surface area contributed by atoms with E-state index in [1.54, 1.807) is 31.0 Å². The van der Waals surface area contributed by atoms with Gasteiger partial charge in [0, 0.05) is 45.3 Å². The first-order valence-corrected chi connectivity index (χ1v) is 12.0. The predicted octanol–water partition coefficient (Wildman–Crippen LogP) is 2.47. The van der Waals surface area contributed by atoms with E-state index < -0.39 is 10.0 Å². The second-order valence-electron chi connectivity index (χ2n) is 7.89. The van der Waals surface area contributed by atoms with Crippen LogP contribution in [0, 0.1) is 13.8 Å². The third-order valence-corrected chi connectivity index (χ3v) is 7.04. The Morgan fingerprint density at radius 2 is 1.84 bits per heavy atom. The number of hydrogen-bond donors (Lipinski definition) is 1. The number of sulfonamides is 1. The maximum Gasteiger partial charge on any atom is 0.240 e. The fourth-order valence-corrected chi connectivity index (χ4v) is 5.02. The molecule has 1 amide bonds. The number of rotatable bonds is 8. The van der Waals surface area contributed by atoms with Crippen molar-refractivity contribution in [3.63, 3.8) is 0 Å². The van der Waals surface area contributed by atoms with E-state index in [9.17, 15) is 13.2 Å². The van der Waals surface area contributed by atoms with Crippen molar-refractivity contribution in [3.05, 3.63) is 59.2 Å². The minimum Gasteiger partial charge on any atom is -0.378 e. The number of morpholine rings is 1. The average molecular weight is 446 g/mol. The monoisotopic (exact) mass is 445 g/mol. The van der Waals surface area contributed by atoms with Crippen LogP contribution in [0.3, 0.4) is 0 Å². The molecule has 0 aliphatic carbocycles. The molecule has 0 unspecified atom stereocenters. The number of benzene rings is 2. The lowest BCUT2D eigenvalue weighted by atomic mass is 10.1. The molecule has 0 aromatic heterocycles. The van der Waals surface area contributed by atoms with Crippen molar-refractivity contribution in [3.8, 4) is 0 Å².